The van der Waals surface area contributed by atoms with E-state index < -0.39 is 11.9 Å². The summed E-state index contributed by atoms with van der Waals surface area (Å²) in [7, 11) is -0.223. The van der Waals surface area contributed by atoms with Crippen molar-refractivity contribution >= 4 is 18.9 Å². The number of hydrogen-bond acceptors (Lipinski definition) is 7. The van der Waals surface area contributed by atoms with Crippen LogP contribution in [0.5, 0.6) is 11.6 Å². The normalized spacial score (nSPS) is 11.5. The van der Waals surface area contributed by atoms with E-state index in [0.717, 1.165) is 0 Å². The van der Waals surface area contributed by atoms with Gasteiger partial charge in [-0.2, -0.15) is 0 Å². The van der Waals surface area contributed by atoms with Crippen LogP contribution in [0.25, 0.3) is 0 Å². The molecule has 0 radical (unpaired) electrons. The number of nitrogens with one attached hydrogen (secondary N) is 1. The minimum Gasteiger partial charge on any atom is -0.449 e. The summed E-state index contributed by atoms with van der Waals surface area (Å²) in [5.74, 6) is 0.145. The molecule has 2 rings (SSSR count). The summed E-state index contributed by atoms with van der Waals surface area (Å²) in [6, 6.07) is 2.76. The second-order valence-electron chi connectivity index (χ2n) is 5.48. The molecule has 0 aliphatic rings. The third kappa shape index (κ3) is 4.45. The third-order valence-corrected chi connectivity index (χ3v) is 3.85. The Kier molecular flexibility index (Phi) is 6.85. The topological polar surface area (TPSA) is 125 Å². The summed E-state index contributed by atoms with van der Waals surface area (Å²) >= 11 is 0. The molecule has 1 unspecified atom stereocenters. The highest BCUT2D eigenvalue weighted by Crippen LogP contribution is 2.22. The van der Waals surface area contributed by atoms with Crippen LogP contribution in [-0.2, 0) is 6.61 Å². The number of aliphatic hydroxyl groups is 2. The Morgan fingerprint density at radius 2 is 2.15 bits per heavy atom. The van der Waals surface area contributed by atoms with Gasteiger partial charge in [0.25, 0.3) is 5.91 Å². The summed E-state index contributed by atoms with van der Waals surface area (Å²) in [4.78, 5) is 20.0. The number of carbonyl (C=O) groups is 1. The van der Waals surface area contributed by atoms with Crippen LogP contribution in [0, 0.1) is 6.92 Å². The van der Waals surface area contributed by atoms with Crippen molar-refractivity contribution in [3.63, 3.8) is 0 Å². The molecule has 1 aromatic heterocycles. The van der Waals surface area contributed by atoms with E-state index in [-0.39, 0.29) is 32.3 Å². The molecule has 0 saturated carbocycles. The summed E-state index contributed by atoms with van der Waals surface area (Å²) in [5, 5.41) is 30.4. The number of hydrogen-bond donors (Lipinski definition) is 4. The fraction of sp³-hybridized carbons (Fsp3) is 0.235. The summed E-state index contributed by atoms with van der Waals surface area (Å²) < 4.78 is 5.66. The highest BCUT2D eigenvalue weighted by molar-refractivity contribution is 6.47. The number of amides is 1. The van der Waals surface area contributed by atoms with Gasteiger partial charge in [-0.15, -0.1) is 6.58 Å². The van der Waals surface area contributed by atoms with Gasteiger partial charge in [0.2, 0.25) is 5.88 Å². The highest BCUT2D eigenvalue weighted by Gasteiger charge is 2.14. The average Bonchev–Trinajstić information content (AvgIpc) is 2.67. The largest absolute Gasteiger partial charge is 0.449 e. The molecule has 0 spiro atoms. The van der Waals surface area contributed by atoms with E-state index >= 15 is 0 Å². The van der Waals surface area contributed by atoms with E-state index in [4.69, 9.17) is 9.84 Å². The van der Waals surface area contributed by atoms with Crippen LogP contribution in [0.2, 0.25) is 0 Å². The van der Waals surface area contributed by atoms with E-state index in [1.54, 1.807) is 19.1 Å². The molecular weight excluding hydrogens is 337 g/mol. The van der Waals surface area contributed by atoms with Gasteiger partial charge in [-0.05, 0) is 29.6 Å². The molecule has 0 aliphatic heterocycles. The minimum absolute atomic E-state index is 0.0704. The lowest BCUT2D eigenvalue weighted by atomic mass is 9.80. The Bertz CT molecular complexity index is 783. The van der Waals surface area contributed by atoms with E-state index in [9.17, 15) is 14.9 Å². The van der Waals surface area contributed by atoms with Crippen molar-refractivity contribution < 1.29 is 24.8 Å². The Hall–Kier alpha value is -2.75. The number of nitrogens with zero attached hydrogens (tertiary/aromatic N) is 2. The molecule has 0 aliphatic carbocycles. The first-order chi connectivity index (χ1) is 12.5. The number of rotatable bonds is 8. The van der Waals surface area contributed by atoms with Gasteiger partial charge in [-0.25, -0.2) is 9.97 Å². The molecule has 0 bridgehead atoms. The van der Waals surface area contributed by atoms with Gasteiger partial charge < -0.3 is 25.3 Å². The van der Waals surface area contributed by atoms with Crippen LogP contribution in [0.15, 0.2) is 37.2 Å². The lowest BCUT2D eigenvalue weighted by molar-refractivity contribution is 0.0924. The smallest absolute Gasteiger partial charge is 0.305 e. The van der Waals surface area contributed by atoms with Crippen molar-refractivity contribution in [1.29, 1.82) is 0 Å². The van der Waals surface area contributed by atoms with Crippen molar-refractivity contribution in [2.45, 2.75) is 19.6 Å². The predicted octanol–water partition coefficient (Wildman–Crippen LogP) is -0.685. The van der Waals surface area contributed by atoms with Crippen molar-refractivity contribution in [3.05, 3.63) is 54.0 Å². The zero-order valence-electron chi connectivity index (χ0n) is 14.3. The quantitative estimate of drug-likeness (QED) is 0.364. The summed E-state index contributed by atoms with van der Waals surface area (Å²) in [6.07, 6.45) is 3.97. The number of benzene rings is 1. The van der Waals surface area contributed by atoms with E-state index in [2.05, 4.69) is 21.9 Å². The molecule has 9 heteroatoms. The standard InChI is InChI=1S/C17H20BN3O5/c1-3-12(9-23)21-17(24)13-6-20-15(7-19-13)26-14-5-4-11(8-22)16(18-25)10(14)2/h3-7,12,18,22-23,25H,1,8-9H2,2H3,(H,21,24). The highest BCUT2D eigenvalue weighted by atomic mass is 16.5. The minimum atomic E-state index is -0.565. The van der Waals surface area contributed by atoms with Crippen molar-refractivity contribution in [1.82, 2.24) is 15.3 Å². The summed E-state index contributed by atoms with van der Waals surface area (Å²) in [6.45, 7) is 4.83. The van der Waals surface area contributed by atoms with E-state index in [0.29, 0.717) is 22.3 Å². The molecular formula is C17H20BN3O5. The molecule has 2 aromatic rings. The Balaban J connectivity index is 2.15. The first-order valence-electron chi connectivity index (χ1n) is 7.91. The van der Waals surface area contributed by atoms with Gasteiger partial charge >= 0.3 is 7.48 Å². The first kappa shape index (κ1) is 19.6. The van der Waals surface area contributed by atoms with Crippen molar-refractivity contribution in [2.24, 2.45) is 0 Å². The van der Waals surface area contributed by atoms with Crippen LogP contribution < -0.4 is 15.5 Å². The molecule has 1 aromatic carbocycles. The number of aliphatic hydroxyl groups excluding tert-OH is 2. The summed E-state index contributed by atoms with van der Waals surface area (Å²) in [5.41, 5.74) is 1.96. The number of ether oxygens (including phenoxy) is 1. The van der Waals surface area contributed by atoms with Crippen LogP contribution in [0.1, 0.15) is 21.6 Å². The van der Waals surface area contributed by atoms with Gasteiger partial charge in [-0.1, -0.05) is 12.1 Å². The first-order valence-corrected chi connectivity index (χ1v) is 7.91. The molecule has 1 heterocycles. The van der Waals surface area contributed by atoms with Crippen LogP contribution in [0.3, 0.4) is 0 Å². The number of carbonyl (C=O) groups excluding carboxylic acids is 1. The molecule has 1 amide bonds. The van der Waals surface area contributed by atoms with Gasteiger partial charge in [0, 0.05) is 0 Å². The fourth-order valence-electron chi connectivity index (χ4n) is 2.29. The second-order valence-corrected chi connectivity index (χ2v) is 5.48. The van der Waals surface area contributed by atoms with Gasteiger partial charge in [-0.3, -0.25) is 4.79 Å². The SMILES string of the molecule is C=CC(CO)NC(=O)c1cnc(Oc2ccc(CO)c(BO)c2C)cn1. The monoisotopic (exact) mass is 357 g/mol. The maximum atomic E-state index is 12.0. The van der Waals surface area contributed by atoms with Crippen LogP contribution in [-0.4, -0.2) is 51.2 Å². The maximum absolute atomic E-state index is 12.0. The molecule has 8 nitrogen and oxygen atoms in total. The lowest BCUT2D eigenvalue weighted by Crippen LogP contribution is -2.36. The Labute approximate surface area is 151 Å². The maximum Gasteiger partial charge on any atom is 0.305 e. The molecule has 0 saturated heterocycles. The average molecular weight is 357 g/mol. The van der Waals surface area contributed by atoms with Crippen molar-refractivity contribution in [3.8, 4) is 11.6 Å². The Morgan fingerprint density at radius 1 is 1.38 bits per heavy atom. The third-order valence-electron chi connectivity index (χ3n) is 3.85. The zero-order valence-corrected chi connectivity index (χ0v) is 14.3. The second kappa shape index (κ2) is 9.09. The number of aromatic nitrogens is 2. The molecule has 4 N–H and O–H groups in total. The van der Waals surface area contributed by atoms with Gasteiger partial charge in [0.05, 0.1) is 31.6 Å². The molecule has 26 heavy (non-hydrogen) atoms. The lowest BCUT2D eigenvalue weighted by Gasteiger charge is -2.14. The molecule has 136 valence electrons. The van der Waals surface area contributed by atoms with Gasteiger partial charge in [0.15, 0.2) is 0 Å². The zero-order chi connectivity index (χ0) is 19.1. The molecule has 1 atom stereocenters. The van der Waals surface area contributed by atoms with Crippen LogP contribution >= 0.6 is 0 Å². The predicted molar refractivity (Wildman–Crippen MR) is 96.7 cm³/mol. The molecule has 0 fully saturated rings. The van der Waals surface area contributed by atoms with Crippen molar-refractivity contribution in [2.75, 3.05) is 6.61 Å². The van der Waals surface area contributed by atoms with E-state index in [1.165, 1.54) is 18.5 Å². The van der Waals surface area contributed by atoms with Gasteiger partial charge in [0.1, 0.15) is 11.4 Å². The fourth-order valence-corrected chi connectivity index (χ4v) is 2.29. The van der Waals surface area contributed by atoms with Crippen LogP contribution in [0.4, 0.5) is 0 Å². The van der Waals surface area contributed by atoms with E-state index in [1.807, 2.05) is 0 Å². The Morgan fingerprint density at radius 3 is 2.69 bits per heavy atom.